The molecule has 0 saturated carbocycles. The second kappa shape index (κ2) is 4.68. The minimum Gasteiger partial charge on any atom is -0.351 e. The lowest BCUT2D eigenvalue weighted by Crippen LogP contribution is -2.33. The molecule has 0 aromatic heterocycles. The highest BCUT2D eigenvalue weighted by atomic mass is 16.2. The van der Waals surface area contributed by atoms with Crippen molar-refractivity contribution in [2.75, 3.05) is 25.5 Å². The fourth-order valence-corrected chi connectivity index (χ4v) is 2.09. The third-order valence-corrected chi connectivity index (χ3v) is 3.33. The molecule has 1 aliphatic heterocycles. The molecule has 0 atom stereocenters. The van der Waals surface area contributed by atoms with Crippen LogP contribution in [0.4, 0.5) is 10.5 Å². The number of benzene rings is 1. The molecular formula is C13H17N3O2. The van der Waals surface area contributed by atoms with E-state index in [1.807, 2.05) is 18.2 Å². The highest BCUT2D eigenvalue weighted by Crippen LogP contribution is 2.28. The van der Waals surface area contributed by atoms with Gasteiger partial charge in [-0.25, -0.2) is 4.79 Å². The Hall–Kier alpha value is -2.04. The average Bonchev–Trinajstić information content (AvgIpc) is 2.61. The molecule has 0 saturated heterocycles. The zero-order valence-corrected chi connectivity index (χ0v) is 10.6. The van der Waals surface area contributed by atoms with Crippen LogP contribution >= 0.6 is 0 Å². The van der Waals surface area contributed by atoms with Crippen LogP contribution in [0.15, 0.2) is 18.2 Å². The van der Waals surface area contributed by atoms with Gasteiger partial charge in [0, 0.05) is 26.3 Å². The van der Waals surface area contributed by atoms with Crippen molar-refractivity contribution in [1.82, 2.24) is 4.90 Å². The fourth-order valence-electron chi connectivity index (χ4n) is 2.09. The first-order valence-electron chi connectivity index (χ1n) is 5.88. The van der Waals surface area contributed by atoms with Crippen LogP contribution in [0.2, 0.25) is 0 Å². The van der Waals surface area contributed by atoms with Gasteiger partial charge in [-0.05, 0) is 23.6 Å². The first-order valence-corrected chi connectivity index (χ1v) is 5.88. The van der Waals surface area contributed by atoms with E-state index >= 15 is 0 Å². The summed E-state index contributed by atoms with van der Waals surface area (Å²) in [5.74, 6) is 0.122. The molecule has 18 heavy (non-hydrogen) atoms. The lowest BCUT2D eigenvalue weighted by atomic mass is 10.1. The maximum Gasteiger partial charge on any atom is 0.314 e. The number of primary amides is 1. The zero-order chi connectivity index (χ0) is 13.3. The van der Waals surface area contributed by atoms with Crippen LogP contribution in [-0.4, -0.2) is 37.5 Å². The summed E-state index contributed by atoms with van der Waals surface area (Å²) in [5, 5.41) is 0. The van der Waals surface area contributed by atoms with Crippen molar-refractivity contribution in [2.45, 2.75) is 12.8 Å². The molecule has 2 rings (SSSR count). The van der Waals surface area contributed by atoms with Crippen LogP contribution < -0.4 is 10.6 Å². The van der Waals surface area contributed by atoms with Crippen LogP contribution in [0, 0.1) is 0 Å². The van der Waals surface area contributed by atoms with E-state index in [9.17, 15) is 9.59 Å². The first-order chi connectivity index (χ1) is 8.49. The van der Waals surface area contributed by atoms with E-state index in [2.05, 4.69) is 0 Å². The van der Waals surface area contributed by atoms with Gasteiger partial charge in [0.2, 0.25) is 5.91 Å². The molecule has 0 fully saturated rings. The Morgan fingerprint density at radius 1 is 1.50 bits per heavy atom. The molecule has 1 aromatic rings. The van der Waals surface area contributed by atoms with Gasteiger partial charge < -0.3 is 15.5 Å². The van der Waals surface area contributed by atoms with Crippen LogP contribution in [-0.2, 0) is 17.6 Å². The summed E-state index contributed by atoms with van der Waals surface area (Å²) < 4.78 is 0. The van der Waals surface area contributed by atoms with Crippen LogP contribution in [0.25, 0.3) is 0 Å². The van der Waals surface area contributed by atoms with Gasteiger partial charge in [0.05, 0.1) is 6.42 Å². The van der Waals surface area contributed by atoms with Gasteiger partial charge in [-0.3, -0.25) is 4.79 Å². The monoisotopic (exact) mass is 247 g/mol. The molecule has 0 unspecified atom stereocenters. The van der Waals surface area contributed by atoms with Gasteiger partial charge in [-0.1, -0.05) is 12.1 Å². The Kier molecular flexibility index (Phi) is 3.23. The summed E-state index contributed by atoms with van der Waals surface area (Å²) in [6, 6.07) is 5.56. The Morgan fingerprint density at radius 2 is 2.22 bits per heavy atom. The lowest BCUT2D eigenvalue weighted by Gasteiger charge is -2.14. The van der Waals surface area contributed by atoms with Gasteiger partial charge in [0.1, 0.15) is 0 Å². The number of anilines is 1. The molecule has 0 bridgehead atoms. The number of hydrogen-bond acceptors (Lipinski definition) is 2. The predicted molar refractivity (Wildman–Crippen MR) is 69.5 cm³/mol. The number of likely N-dealkylation sites (N-methyl/N-ethyl adjacent to an activating group) is 2. The summed E-state index contributed by atoms with van der Waals surface area (Å²) in [6.07, 6.45) is 1.20. The number of hydrogen-bond donors (Lipinski definition) is 1. The number of rotatable bonds is 3. The number of carbonyl (C=O) groups is 2. The summed E-state index contributed by atoms with van der Waals surface area (Å²) in [4.78, 5) is 25.6. The SMILES string of the molecule is CN(CCc1ccc2c(c1)CC(=O)N2C)C(N)=O. The maximum atomic E-state index is 11.6. The van der Waals surface area contributed by atoms with E-state index < -0.39 is 6.03 Å². The van der Waals surface area contributed by atoms with E-state index in [0.29, 0.717) is 13.0 Å². The van der Waals surface area contributed by atoms with Crippen LogP contribution in [0.5, 0.6) is 0 Å². The maximum absolute atomic E-state index is 11.6. The Bertz CT molecular complexity index is 499. The van der Waals surface area contributed by atoms with Gasteiger partial charge in [-0.2, -0.15) is 0 Å². The number of fused-ring (bicyclic) bond motifs is 1. The largest absolute Gasteiger partial charge is 0.351 e. The van der Waals surface area contributed by atoms with Gasteiger partial charge in [-0.15, -0.1) is 0 Å². The van der Waals surface area contributed by atoms with Gasteiger partial charge in [0.15, 0.2) is 0 Å². The van der Waals surface area contributed by atoms with Crippen molar-refractivity contribution in [2.24, 2.45) is 5.73 Å². The second-order valence-electron chi connectivity index (χ2n) is 4.60. The Balaban J connectivity index is 2.07. The number of carbonyl (C=O) groups excluding carboxylic acids is 2. The van der Waals surface area contributed by atoms with E-state index in [4.69, 9.17) is 5.73 Å². The second-order valence-corrected chi connectivity index (χ2v) is 4.60. The Morgan fingerprint density at radius 3 is 2.89 bits per heavy atom. The molecule has 0 aliphatic carbocycles. The van der Waals surface area contributed by atoms with Crippen molar-refractivity contribution in [3.05, 3.63) is 29.3 Å². The van der Waals surface area contributed by atoms with E-state index in [-0.39, 0.29) is 5.91 Å². The van der Waals surface area contributed by atoms with E-state index in [1.54, 1.807) is 19.0 Å². The summed E-state index contributed by atoms with van der Waals surface area (Å²) in [6.45, 7) is 0.581. The Labute approximate surface area is 106 Å². The van der Waals surface area contributed by atoms with Crippen LogP contribution in [0.1, 0.15) is 11.1 Å². The first kappa shape index (κ1) is 12.4. The number of nitrogens with zero attached hydrogens (tertiary/aromatic N) is 2. The smallest absolute Gasteiger partial charge is 0.314 e. The zero-order valence-electron chi connectivity index (χ0n) is 10.6. The molecule has 1 heterocycles. The molecule has 0 spiro atoms. The van der Waals surface area contributed by atoms with E-state index in [0.717, 1.165) is 23.2 Å². The van der Waals surface area contributed by atoms with Crippen molar-refractivity contribution < 1.29 is 9.59 Å². The molecule has 0 radical (unpaired) electrons. The molecular weight excluding hydrogens is 230 g/mol. The third kappa shape index (κ3) is 2.30. The molecule has 96 valence electrons. The molecule has 5 heteroatoms. The third-order valence-electron chi connectivity index (χ3n) is 3.33. The highest BCUT2D eigenvalue weighted by Gasteiger charge is 2.23. The summed E-state index contributed by atoms with van der Waals surface area (Å²) >= 11 is 0. The fraction of sp³-hybridized carbons (Fsp3) is 0.385. The standard InChI is InChI=1S/C13H17N3O2/c1-15(13(14)18)6-5-9-3-4-11-10(7-9)8-12(17)16(11)2/h3-4,7H,5-6,8H2,1-2H3,(H2,14,18). The number of nitrogens with two attached hydrogens (primary N) is 1. The molecule has 1 aromatic carbocycles. The predicted octanol–water partition coefficient (Wildman–Crippen LogP) is 0.759. The molecule has 1 aliphatic rings. The topological polar surface area (TPSA) is 66.6 Å². The molecule has 3 amide bonds. The van der Waals surface area contributed by atoms with Crippen LogP contribution in [0.3, 0.4) is 0 Å². The normalized spacial score (nSPS) is 13.7. The van der Waals surface area contributed by atoms with Crippen molar-refractivity contribution in [1.29, 1.82) is 0 Å². The molecule has 5 nitrogen and oxygen atoms in total. The lowest BCUT2D eigenvalue weighted by molar-refractivity contribution is -0.117. The van der Waals surface area contributed by atoms with E-state index in [1.165, 1.54) is 4.90 Å². The van der Waals surface area contributed by atoms with Crippen molar-refractivity contribution in [3.8, 4) is 0 Å². The van der Waals surface area contributed by atoms with Gasteiger partial charge >= 0.3 is 6.03 Å². The number of urea groups is 1. The molecule has 2 N–H and O–H groups in total. The minimum atomic E-state index is -0.425. The quantitative estimate of drug-likeness (QED) is 0.856. The summed E-state index contributed by atoms with van der Waals surface area (Å²) in [7, 11) is 3.46. The minimum absolute atomic E-state index is 0.122. The summed E-state index contributed by atoms with van der Waals surface area (Å²) in [5.41, 5.74) is 8.31. The van der Waals surface area contributed by atoms with Crippen molar-refractivity contribution >= 4 is 17.6 Å². The number of amides is 3. The highest BCUT2D eigenvalue weighted by molar-refractivity contribution is 6.00. The average molecular weight is 247 g/mol. The van der Waals surface area contributed by atoms with Gasteiger partial charge in [0.25, 0.3) is 0 Å². The van der Waals surface area contributed by atoms with Crippen molar-refractivity contribution in [3.63, 3.8) is 0 Å².